The number of aryl methyl sites for hydroxylation is 1. The summed E-state index contributed by atoms with van der Waals surface area (Å²) in [6.45, 7) is 7.98. The third kappa shape index (κ3) is 8.73. The lowest BCUT2D eigenvalue weighted by Gasteiger charge is -2.04. The number of aliphatic carboxylic acids is 1. The highest BCUT2D eigenvalue weighted by Gasteiger charge is 2.13. The van der Waals surface area contributed by atoms with Gasteiger partial charge < -0.3 is 9.67 Å². The quantitative estimate of drug-likeness (QED) is 0.543. The van der Waals surface area contributed by atoms with Crippen LogP contribution in [0.5, 0.6) is 0 Å². The van der Waals surface area contributed by atoms with Gasteiger partial charge in [0.25, 0.3) is 0 Å². The molecule has 0 amide bonds. The third-order valence-electron chi connectivity index (χ3n) is 4.55. The van der Waals surface area contributed by atoms with Crippen molar-refractivity contribution in [2.45, 2.75) is 87.6 Å². The molecule has 1 heterocycles. The average molecular weight is 394 g/mol. The topological polar surface area (TPSA) is 42.2 Å². The number of rotatable bonds is 3. The SMILES string of the molecule is C.C.C1=CCCCC1.CCCC.Cc1c(C)n(CC(=O)O)c2ccc(F)cc12. The summed E-state index contributed by atoms with van der Waals surface area (Å²) < 4.78 is 14.8. The number of fused-ring (bicyclic) bond motifs is 1. The van der Waals surface area contributed by atoms with Gasteiger partial charge in [-0.15, -0.1) is 0 Å². The molecule has 0 unspecified atom stereocenters. The molecule has 0 bridgehead atoms. The summed E-state index contributed by atoms with van der Waals surface area (Å²) in [5.74, 6) is -1.20. The van der Waals surface area contributed by atoms with Gasteiger partial charge in [0.1, 0.15) is 12.4 Å². The van der Waals surface area contributed by atoms with Crippen LogP contribution in [0.1, 0.15) is 78.5 Å². The maximum atomic E-state index is 13.1. The molecule has 0 radical (unpaired) electrons. The molecule has 1 N–H and O–H groups in total. The van der Waals surface area contributed by atoms with Gasteiger partial charge in [-0.3, -0.25) is 4.79 Å². The standard InChI is InChI=1S/C12H12FNO2.C6H10.C4H10.2CH4/c1-7-8(2)14(6-12(15)16)11-4-3-9(13)5-10(7)11;1-2-4-6-5-3-1;1-3-4-2;;/h3-5H,6H2,1-2H3,(H,15,16);1-2H,3-6H2;3-4H2,1-2H3;2*1H4. The molecule has 3 nitrogen and oxygen atoms in total. The van der Waals surface area contributed by atoms with E-state index >= 15 is 0 Å². The second-order valence-corrected chi connectivity index (χ2v) is 6.61. The van der Waals surface area contributed by atoms with Crippen LogP contribution in [0.25, 0.3) is 10.9 Å². The summed E-state index contributed by atoms with van der Waals surface area (Å²) in [6.07, 6.45) is 12.6. The number of allylic oxidation sites excluding steroid dienone is 2. The van der Waals surface area contributed by atoms with E-state index in [9.17, 15) is 9.18 Å². The Bertz CT molecular complexity index is 722. The number of carboxylic acids is 1. The Balaban J connectivity index is 0. The highest BCUT2D eigenvalue weighted by atomic mass is 19.1. The number of carbonyl (C=O) groups is 1. The van der Waals surface area contributed by atoms with Crippen molar-refractivity contribution in [1.29, 1.82) is 0 Å². The fraction of sp³-hybridized carbons (Fsp3) is 0.542. The first-order valence-electron chi connectivity index (χ1n) is 9.54. The van der Waals surface area contributed by atoms with Gasteiger partial charge in [0.15, 0.2) is 0 Å². The predicted octanol–water partition coefficient (Wildman–Crippen LogP) is 7.68. The molecule has 0 saturated carbocycles. The van der Waals surface area contributed by atoms with Crippen molar-refractivity contribution < 1.29 is 14.3 Å². The van der Waals surface area contributed by atoms with Gasteiger partial charge >= 0.3 is 5.97 Å². The van der Waals surface area contributed by atoms with Crippen molar-refractivity contribution in [1.82, 2.24) is 4.57 Å². The first-order chi connectivity index (χ1) is 12.4. The molecular formula is C24H40FNO2. The maximum Gasteiger partial charge on any atom is 0.323 e. The number of hydrogen-bond donors (Lipinski definition) is 1. The minimum absolute atomic E-state index is 0. The van der Waals surface area contributed by atoms with Gasteiger partial charge in [0, 0.05) is 16.6 Å². The molecule has 4 heteroatoms. The Morgan fingerprint density at radius 3 is 2.00 bits per heavy atom. The van der Waals surface area contributed by atoms with Crippen molar-refractivity contribution in [3.63, 3.8) is 0 Å². The first-order valence-corrected chi connectivity index (χ1v) is 9.54. The molecule has 0 spiro atoms. The van der Waals surface area contributed by atoms with E-state index in [0.717, 1.165) is 22.2 Å². The van der Waals surface area contributed by atoms with Crippen molar-refractivity contribution in [3.05, 3.63) is 47.4 Å². The summed E-state index contributed by atoms with van der Waals surface area (Å²) >= 11 is 0. The van der Waals surface area contributed by atoms with Crippen LogP contribution in [-0.4, -0.2) is 15.6 Å². The van der Waals surface area contributed by atoms with Gasteiger partial charge in [0.05, 0.1) is 0 Å². The molecule has 1 aliphatic rings. The second-order valence-electron chi connectivity index (χ2n) is 6.61. The van der Waals surface area contributed by atoms with Gasteiger partial charge in [-0.25, -0.2) is 4.39 Å². The molecule has 0 saturated heterocycles. The zero-order chi connectivity index (χ0) is 19.5. The number of aromatic nitrogens is 1. The summed E-state index contributed by atoms with van der Waals surface area (Å²) in [5, 5.41) is 9.60. The molecular weight excluding hydrogens is 353 g/mol. The van der Waals surface area contributed by atoms with E-state index in [2.05, 4.69) is 26.0 Å². The van der Waals surface area contributed by atoms with E-state index in [1.54, 1.807) is 10.6 Å². The molecule has 1 aromatic carbocycles. The van der Waals surface area contributed by atoms with Crippen LogP contribution in [-0.2, 0) is 11.3 Å². The van der Waals surface area contributed by atoms with Crippen LogP contribution < -0.4 is 0 Å². The van der Waals surface area contributed by atoms with Crippen LogP contribution in [0.4, 0.5) is 4.39 Å². The third-order valence-corrected chi connectivity index (χ3v) is 4.55. The summed E-state index contributed by atoms with van der Waals surface area (Å²) in [4.78, 5) is 10.7. The maximum absolute atomic E-state index is 13.1. The van der Waals surface area contributed by atoms with Crippen molar-refractivity contribution in [3.8, 4) is 0 Å². The highest BCUT2D eigenvalue weighted by Crippen LogP contribution is 2.25. The molecule has 0 atom stereocenters. The number of benzene rings is 1. The minimum Gasteiger partial charge on any atom is -0.480 e. The Kier molecular flexibility index (Phi) is 15.0. The van der Waals surface area contributed by atoms with Crippen LogP contribution >= 0.6 is 0 Å². The van der Waals surface area contributed by atoms with Crippen LogP contribution in [0.2, 0.25) is 0 Å². The fourth-order valence-electron chi connectivity index (χ4n) is 2.72. The van der Waals surface area contributed by atoms with Crippen LogP contribution in [0, 0.1) is 19.7 Å². The Morgan fingerprint density at radius 2 is 1.61 bits per heavy atom. The Hall–Kier alpha value is -2.10. The summed E-state index contributed by atoms with van der Waals surface area (Å²) in [5.41, 5.74) is 2.55. The van der Waals surface area contributed by atoms with Gasteiger partial charge in [-0.2, -0.15) is 0 Å². The second kappa shape index (κ2) is 14.9. The minimum atomic E-state index is -0.899. The molecule has 160 valence electrons. The summed E-state index contributed by atoms with van der Waals surface area (Å²) in [6, 6.07) is 4.41. The van der Waals surface area contributed by atoms with Crippen molar-refractivity contribution >= 4 is 16.9 Å². The predicted molar refractivity (Wildman–Crippen MR) is 121 cm³/mol. The number of nitrogens with zero attached hydrogens (tertiary/aromatic N) is 1. The van der Waals surface area contributed by atoms with E-state index < -0.39 is 5.97 Å². The fourth-order valence-corrected chi connectivity index (χ4v) is 2.72. The smallest absolute Gasteiger partial charge is 0.323 e. The zero-order valence-electron chi connectivity index (χ0n) is 16.5. The van der Waals surface area contributed by atoms with Crippen molar-refractivity contribution in [2.75, 3.05) is 0 Å². The zero-order valence-corrected chi connectivity index (χ0v) is 16.5. The highest BCUT2D eigenvalue weighted by molar-refractivity contribution is 5.86. The molecule has 1 aliphatic carbocycles. The lowest BCUT2D eigenvalue weighted by atomic mass is 10.1. The normalized spacial score (nSPS) is 11.9. The molecule has 0 aliphatic heterocycles. The van der Waals surface area contributed by atoms with Gasteiger partial charge in [-0.1, -0.05) is 53.7 Å². The lowest BCUT2D eigenvalue weighted by Crippen LogP contribution is -2.09. The van der Waals surface area contributed by atoms with E-state index in [-0.39, 0.29) is 27.2 Å². The Labute approximate surface area is 171 Å². The van der Waals surface area contributed by atoms with Gasteiger partial charge in [0.2, 0.25) is 0 Å². The lowest BCUT2D eigenvalue weighted by molar-refractivity contribution is -0.137. The average Bonchev–Trinajstić information content (AvgIpc) is 2.88. The number of hydrogen-bond acceptors (Lipinski definition) is 1. The van der Waals surface area contributed by atoms with E-state index in [4.69, 9.17) is 5.11 Å². The van der Waals surface area contributed by atoms with E-state index in [1.165, 1.54) is 50.7 Å². The van der Waals surface area contributed by atoms with Crippen LogP contribution in [0.3, 0.4) is 0 Å². The number of halogens is 1. The largest absolute Gasteiger partial charge is 0.480 e. The number of unbranched alkanes of at least 4 members (excludes halogenated alkanes) is 1. The number of carboxylic acid groups (broad SMARTS) is 1. The van der Waals surface area contributed by atoms with Crippen molar-refractivity contribution in [2.24, 2.45) is 0 Å². The Morgan fingerprint density at radius 1 is 1.07 bits per heavy atom. The molecule has 28 heavy (non-hydrogen) atoms. The first kappa shape index (κ1) is 28.1. The molecule has 2 aromatic rings. The van der Waals surface area contributed by atoms with E-state index in [0.29, 0.717) is 0 Å². The van der Waals surface area contributed by atoms with Crippen LogP contribution in [0.15, 0.2) is 30.4 Å². The van der Waals surface area contributed by atoms with Gasteiger partial charge in [-0.05, 0) is 63.3 Å². The molecule has 1 aromatic heterocycles. The van der Waals surface area contributed by atoms with E-state index in [1.807, 2.05) is 13.8 Å². The molecule has 0 fully saturated rings. The monoisotopic (exact) mass is 393 g/mol. The summed E-state index contributed by atoms with van der Waals surface area (Å²) in [7, 11) is 0. The molecule has 3 rings (SSSR count).